The van der Waals surface area contributed by atoms with E-state index in [1.54, 1.807) is 0 Å². The predicted octanol–water partition coefficient (Wildman–Crippen LogP) is 1.59. The largest absolute Gasteiger partial charge is 0.480 e. The van der Waals surface area contributed by atoms with Crippen molar-refractivity contribution in [1.29, 1.82) is 0 Å². The zero-order chi connectivity index (χ0) is 13.1. The van der Waals surface area contributed by atoms with Gasteiger partial charge in [0.15, 0.2) is 0 Å². The lowest BCUT2D eigenvalue weighted by Crippen LogP contribution is -2.56. The van der Waals surface area contributed by atoms with Gasteiger partial charge in [-0.3, -0.25) is 4.79 Å². The maximum Gasteiger partial charge on any atom is 0.323 e. The zero-order valence-corrected chi connectivity index (χ0v) is 11.3. The SMILES string of the molecule is CC(C)(C)C1CCC(NCCN)(C(=O)O)CC1. The third-order valence-electron chi connectivity index (χ3n) is 4.08. The second-order valence-corrected chi connectivity index (χ2v) is 6.24. The molecule has 0 amide bonds. The Labute approximate surface area is 104 Å². The van der Waals surface area contributed by atoms with Crippen LogP contribution in [0.1, 0.15) is 46.5 Å². The van der Waals surface area contributed by atoms with Crippen LogP contribution in [0.4, 0.5) is 0 Å². The van der Waals surface area contributed by atoms with Crippen LogP contribution in [0.15, 0.2) is 0 Å². The van der Waals surface area contributed by atoms with Crippen LogP contribution < -0.4 is 11.1 Å². The minimum absolute atomic E-state index is 0.276. The number of hydrogen-bond donors (Lipinski definition) is 3. The van der Waals surface area contributed by atoms with Crippen molar-refractivity contribution in [2.24, 2.45) is 17.1 Å². The summed E-state index contributed by atoms with van der Waals surface area (Å²) in [4.78, 5) is 11.4. The van der Waals surface area contributed by atoms with Gasteiger partial charge in [0.25, 0.3) is 0 Å². The van der Waals surface area contributed by atoms with Crippen LogP contribution in [-0.2, 0) is 4.79 Å². The Morgan fingerprint density at radius 3 is 2.29 bits per heavy atom. The number of hydrogen-bond acceptors (Lipinski definition) is 3. The first kappa shape index (κ1) is 14.5. The van der Waals surface area contributed by atoms with E-state index >= 15 is 0 Å². The Balaban J connectivity index is 2.64. The van der Waals surface area contributed by atoms with Crippen molar-refractivity contribution in [1.82, 2.24) is 5.32 Å². The van der Waals surface area contributed by atoms with Crippen molar-refractivity contribution in [3.63, 3.8) is 0 Å². The van der Waals surface area contributed by atoms with Gasteiger partial charge in [0.05, 0.1) is 0 Å². The highest BCUT2D eigenvalue weighted by Gasteiger charge is 2.43. The summed E-state index contributed by atoms with van der Waals surface area (Å²) in [6, 6.07) is 0. The number of nitrogens with two attached hydrogens (primary N) is 1. The van der Waals surface area contributed by atoms with E-state index in [1.165, 1.54) is 0 Å². The first-order valence-electron chi connectivity index (χ1n) is 6.50. The molecule has 1 aliphatic rings. The summed E-state index contributed by atoms with van der Waals surface area (Å²) in [5.41, 5.74) is 4.99. The first-order chi connectivity index (χ1) is 7.82. The number of carboxylic acid groups (broad SMARTS) is 1. The Hall–Kier alpha value is -0.610. The molecule has 0 unspecified atom stereocenters. The number of nitrogens with one attached hydrogen (secondary N) is 1. The smallest absolute Gasteiger partial charge is 0.323 e. The van der Waals surface area contributed by atoms with Crippen LogP contribution in [0, 0.1) is 11.3 Å². The molecule has 0 radical (unpaired) electrons. The summed E-state index contributed by atoms with van der Waals surface area (Å²) in [7, 11) is 0. The van der Waals surface area contributed by atoms with Crippen LogP contribution in [0.25, 0.3) is 0 Å². The van der Waals surface area contributed by atoms with Gasteiger partial charge in [-0.05, 0) is 37.0 Å². The number of carbonyl (C=O) groups is 1. The average molecular weight is 242 g/mol. The standard InChI is InChI=1S/C13H26N2O2/c1-12(2,3)10-4-6-13(7-5-10,11(16)17)15-9-8-14/h10,15H,4-9,14H2,1-3H3,(H,16,17). The second-order valence-electron chi connectivity index (χ2n) is 6.24. The molecule has 1 aliphatic carbocycles. The number of aliphatic carboxylic acids is 1. The molecule has 4 nitrogen and oxygen atoms in total. The van der Waals surface area contributed by atoms with E-state index in [0.717, 1.165) is 12.8 Å². The van der Waals surface area contributed by atoms with Crippen molar-refractivity contribution in [2.45, 2.75) is 52.0 Å². The third kappa shape index (κ3) is 3.42. The van der Waals surface area contributed by atoms with Crippen LogP contribution in [0.5, 0.6) is 0 Å². The summed E-state index contributed by atoms with van der Waals surface area (Å²) >= 11 is 0. The third-order valence-corrected chi connectivity index (χ3v) is 4.08. The fraction of sp³-hybridized carbons (Fsp3) is 0.923. The highest BCUT2D eigenvalue weighted by Crippen LogP contribution is 2.41. The summed E-state index contributed by atoms with van der Waals surface area (Å²) < 4.78 is 0. The molecular weight excluding hydrogens is 216 g/mol. The molecule has 0 aliphatic heterocycles. The molecule has 0 heterocycles. The monoisotopic (exact) mass is 242 g/mol. The van der Waals surface area contributed by atoms with E-state index in [-0.39, 0.29) is 5.41 Å². The van der Waals surface area contributed by atoms with Crippen molar-refractivity contribution < 1.29 is 9.90 Å². The maximum absolute atomic E-state index is 11.4. The van der Waals surface area contributed by atoms with Gasteiger partial charge in [-0.2, -0.15) is 0 Å². The average Bonchev–Trinajstić information content (AvgIpc) is 2.25. The van der Waals surface area contributed by atoms with E-state index in [0.29, 0.717) is 31.8 Å². The number of carboxylic acids is 1. The minimum Gasteiger partial charge on any atom is -0.480 e. The van der Waals surface area contributed by atoms with Crippen molar-refractivity contribution in [3.05, 3.63) is 0 Å². The van der Waals surface area contributed by atoms with Gasteiger partial charge in [0.2, 0.25) is 0 Å². The van der Waals surface area contributed by atoms with E-state index in [1.807, 2.05) is 0 Å². The molecule has 4 N–H and O–H groups in total. The zero-order valence-electron chi connectivity index (χ0n) is 11.3. The maximum atomic E-state index is 11.4. The summed E-state index contributed by atoms with van der Waals surface area (Å²) in [5.74, 6) is -0.104. The quantitative estimate of drug-likeness (QED) is 0.700. The van der Waals surface area contributed by atoms with Crippen LogP contribution >= 0.6 is 0 Å². The lowest BCUT2D eigenvalue weighted by atomic mass is 9.67. The Morgan fingerprint density at radius 1 is 1.41 bits per heavy atom. The van der Waals surface area contributed by atoms with Crippen LogP contribution in [0.2, 0.25) is 0 Å². The van der Waals surface area contributed by atoms with Gasteiger partial charge < -0.3 is 16.2 Å². The van der Waals surface area contributed by atoms with Gasteiger partial charge in [0, 0.05) is 13.1 Å². The van der Waals surface area contributed by atoms with Gasteiger partial charge >= 0.3 is 5.97 Å². The van der Waals surface area contributed by atoms with Gasteiger partial charge in [-0.25, -0.2) is 0 Å². The van der Waals surface area contributed by atoms with Crippen molar-refractivity contribution in [2.75, 3.05) is 13.1 Å². The highest BCUT2D eigenvalue weighted by molar-refractivity contribution is 5.78. The molecule has 1 saturated carbocycles. The molecule has 0 aromatic heterocycles. The van der Waals surface area contributed by atoms with E-state index in [2.05, 4.69) is 26.1 Å². The normalized spacial score (nSPS) is 30.2. The van der Waals surface area contributed by atoms with Crippen LogP contribution in [-0.4, -0.2) is 29.7 Å². The Morgan fingerprint density at radius 2 is 1.94 bits per heavy atom. The number of rotatable bonds is 4. The van der Waals surface area contributed by atoms with E-state index in [4.69, 9.17) is 5.73 Å². The molecule has 0 atom stereocenters. The van der Waals surface area contributed by atoms with Gasteiger partial charge in [-0.1, -0.05) is 20.8 Å². The molecule has 0 aromatic carbocycles. The van der Waals surface area contributed by atoms with E-state index < -0.39 is 11.5 Å². The molecule has 100 valence electrons. The Bertz CT molecular complexity index is 263. The van der Waals surface area contributed by atoms with Crippen LogP contribution in [0.3, 0.4) is 0 Å². The fourth-order valence-electron chi connectivity index (χ4n) is 2.75. The summed E-state index contributed by atoms with van der Waals surface area (Å²) in [6.45, 7) is 7.76. The molecule has 0 spiro atoms. The molecule has 4 heteroatoms. The molecule has 0 bridgehead atoms. The lowest BCUT2D eigenvalue weighted by Gasteiger charge is -2.42. The molecule has 1 fully saturated rings. The fourth-order valence-corrected chi connectivity index (χ4v) is 2.75. The van der Waals surface area contributed by atoms with Crippen molar-refractivity contribution >= 4 is 5.97 Å². The topological polar surface area (TPSA) is 75.3 Å². The second kappa shape index (κ2) is 5.36. The summed E-state index contributed by atoms with van der Waals surface area (Å²) in [5, 5.41) is 12.5. The summed E-state index contributed by atoms with van der Waals surface area (Å²) in [6.07, 6.45) is 3.38. The molecule has 1 rings (SSSR count). The van der Waals surface area contributed by atoms with E-state index in [9.17, 15) is 9.90 Å². The Kier molecular flexibility index (Phi) is 4.55. The molecule has 0 aromatic rings. The van der Waals surface area contributed by atoms with Gasteiger partial charge in [0.1, 0.15) is 5.54 Å². The predicted molar refractivity (Wildman–Crippen MR) is 68.8 cm³/mol. The lowest BCUT2D eigenvalue weighted by molar-refractivity contribution is -0.147. The minimum atomic E-state index is -0.735. The first-order valence-corrected chi connectivity index (χ1v) is 6.50. The van der Waals surface area contributed by atoms with Crippen molar-refractivity contribution in [3.8, 4) is 0 Å². The molecule has 17 heavy (non-hydrogen) atoms. The highest BCUT2D eigenvalue weighted by atomic mass is 16.4. The molecule has 0 saturated heterocycles. The van der Waals surface area contributed by atoms with Gasteiger partial charge in [-0.15, -0.1) is 0 Å². The molecular formula is C13H26N2O2.